The van der Waals surface area contributed by atoms with Gasteiger partial charge in [-0.25, -0.2) is 0 Å². The highest BCUT2D eigenvalue weighted by atomic mass is 32.1. The molecule has 1 rings (SSSR count). The third kappa shape index (κ3) is 3.77. The summed E-state index contributed by atoms with van der Waals surface area (Å²) in [6.07, 6.45) is 0.343. The molecule has 0 radical (unpaired) electrons. The van der Waals surface area contributed by atoms with Crippen LogP contribution in [0.15, 0.2) is 0 Å². The average Bonchev–Trinajstić information content (AvgIpc) is 2.18. The van der Waals surface area contributed by atoms with E-state index in [-0.39, 0.29) is 0 Å². The summed E-state index contributed by atoms with van der Waals surface area (Å²) >= 11 is 4.44. The zero-order valence-electron chi connectivity index (χ0n) is 9.44. The SMILES string of the molecule is COC(C)CN1CCN(C(C)S)CC1. The van der Waals surface area contributed by atoms with E-state index in [2.05, 4.69) is 36.3 Å². The lowest BCUT2D eigenvalue weighted by Crippen LogP contribution is -2.49. The van der Waals surface area contributed by atoms with Crippen LogP contribution in [0.2, 0.25) is 0 Å². The van der Waals surface area contributed by atoms with Crippen molar-refractivity contribution in [2.45, 2.75) is 25.3 Å². The topological polar surface area (TPSA) is 15.7 Å². The standard InChI is InChI=1S/C10H22N2OS/c1-9(13-3)8-11-4-6-12(7-5-11)10(2)14/h9-10,14H,4-8H2,1-3H3. The summed E-state index contributed by atoms with van der Waals surface area (Å²) in [7, 11) is 1.77. The Hall–Kier alpha value is 0.230. The van der Waals surface area contributed by atoms with Crippen LogP contribution >= 0.6 is 12.6 Å². The largest absolute Gasteiger partial charge is 0.380 e. The van der Waals surface area contributed by atoms with Crippen molar-refractivity contribution in [2.24, 2.45) is 0 Å². The van der Waals surface area contributed by atoms with Gasteiger partial charge in [0.1, 0.15) is 0 Å². The molecular formula is C10H22N2OS. The van der Waals surface area contributed by atoms with E-state index in [0.29, 0.717) is 11.5 Å². The number of hydrogen-bond donors (Lipinski definition) is 1. The second-order valence-electron chi connectivity index (χ2n) is 4.01. The molecule has 0 spiro atoms. The number of rotatable bonds is 4. The minimum atomic E-state index is 0.343. The Balaban J connectivity index is 2.22. The van der Waals surface area contributed by atoms with E-state index in [1.807, 2.05) is 0 Å². The Kier molecular flexibility index (Phi) is 5.23. The predicted molar refractivity (Wildman–Crippen MR) is 62.9 cm³/mol. The van der Waals surface area contributed by atoms with E-state index in [1.54, 1.807) is 7.11 Å². The molecule has 1 heterocycles. The van der Waals surface area contributed by atoms with Gasteiger partial charge in [-0.05, 0) is 13.8 Å². The maximum absolute atomic E-state index is 5.26. The van der Waals surface area contributed by atoms with E-state index in [0.717, 1.165) is 32.7 Å². The van der Waals surface area contributed by atoms with Gasteiger partial charge in [0, 0.05) is 45.2 Å². The minimum Gasteiger partial charge on any atom is -0.380 e. The van der Waals surface area contributed by atoms with Crippen molar-refractivity contribution in [3.8, 4) is 0 Å². The fraction of sp³-hybridized carbons (Fsp3) is 1.00. The molecule has 0 aromatic rings. The molecule has 4 heteroatoms. The van der Waals surface area contributed by atoms with Gasteiger partial charge in [-0.3, -0.25) is 9.80 Å². The van der Waals surface area contributed by atoms with Crippen molar-refractivity contribution < 1.29 is 4.74 Å². The molecule has 0 N–H and O–H groups in total. The Morgan fingerprint density at radius 1 is 1.21 bits per heavy atom. The second kappa shape index (κ2) is 5.95. The lowest BCUT2D eigenvalue weighted by molar-refractivity contribution is 0.0515. The summed E-state index contributed by atoms with van der Waals surface area (Å²) in [5.41, 5.74) is 0. The summed E-state index contributed by atoms with van der Waals surface area (Å²) < 4.78 is 5.26. The summed E-state index contributed by atoms with van der Waals surface area (Å²) in [6.45, 7) is 9.83. The van der Waals surface area contributed by atoms with E-state index >= 15 is 0 Å². The normalized spacial score (nSPS) is 24.9. The molecule has 0 aliphatic carbocycles. The Morgan fingerprint density at radius 2 is 1.79 bits per heavy atom. The summed E-state index contributed by atoms with van der Waals surface area (Å²) in [6, 6.07) is 0. The van der Waals surface area contributed by atoms with Gasteiger partial charge in [-0.1, -0.05) is 0 Å². The molecule has 1 aliphatic heterocycles. The molecule has 2 unspecified atom stereocenters. The second-order valence-corrected chi connectivity index (χ2v) is 4.76. The molecule has 0 bridgehead atoms. The summed E-state index contributed by atoms with van der Waals surface area (Å²) in [5, 5.41) is 0.386. The first-order valence-corrected chi connectivity index (χ1v) is 5.82. The Morgan fingerprint density at radius 3 is 2.21 bits per heavy atom. The predicted octanol–water partition coefficient (Wildman–Crippen LogP) is 0.915. The molecule has 1 saturated heterocycles. The van der Waals surface area contributed by atoms with Gasteiger partial charge in [0.25, 0.3) is 0 Å². The molecule has 84 valence electrons. The summed E-state index contributed by atoms with van der Waals surface area (Å²) in [4.78, 5) is 4.86. The molecule has 14 heavy (non-hydrogen) atoms. The molecule has 0 aromatic heterocycles. The summed E-state index contributed by atoms with van der Waals surface area (Å²) in [5.74, 6) is 0. The van der Waals surface area contributed by atoms with Crippen LogP contribution in [0, 0.1) is 0 Å². The van der Waals surface area contributed by atoms with E-state index < -0.39 is 0 Å². The third-order valence-corrected chi connectivity index (χ3v) is 3.18. The van der Waals surface area contributed by atoms with Gasteiger partial charge in [-0.2, -0.15) is 12.6 Å². The van der Waals surface area contributed by atoms with Gasteiger partial charge >= 0.3 is 0 Å². The van der Waals surface area contributed by atoms with E-state index in [4.69, 9.17) is 4.74 Å². The van der Waals surface area contributed by atoms with E-state index in [9.17, 15) is 0 Å². The molecule has 0 aromatic carbocycles. The van der Waals surface area contributed by atoms with Crippen LogP contribution < -0.4 is 0 Å². The Labute approximate surface area is 92.8 Å². The number of nitrogens with zero attached hydrogens (tertiary/aromatic N) is 2. The van der Waals surface area contributed by atoms with Crippen LogP contribution in [0.5, 0.6) is 0 Å². The first kappa shape index (κ1) is 12.3. The van der Waals surface area contributed by atoms with Gasteiger partial charge in [0.05, 0.1) is 6.10 Å². The van der Waals surface area contributed by atoms with Crippen molar-refractivity contribution >= 4 is 12.6 Å². The highest BCUT2D eigenvalue weighted by Crippen LogP contribution is 2.09. The van der Waals surface area contributed by atoms with Crippen molar-refractivity contribution in [2.75, 3.05) is 39.8 Å². The minimum absolute atomic E-state index is 0.343. The van der Waals surface area contributed by atoms with Crippen molar-refractivity contribution in [3.63, 3.8) is 0 Å². The van der Waals surface area contributed by atoms with Crippen LogP contribution in [0.4, 0.5) is 0 Å². The van der Waals surface area contributed by atoms with Crippen molar-refractivity contribution in [3.05, 3.63) is 0 Å². The van der Waals surface area contributed by atoms with Crippen molar-refractivity contribution in [1.82, 2.24) is 9.80 Å². The van der Waals surface area contributed by atoms with Gasteiger partial charge in [0.15, 0.2) is 0 Å². The van der Waals surface area contributed by atoms with Crippen LogP contribution in [-0.4, -0.2) is 61.1 Å². The fourth-order valence-corrected chi connectivity index (χ4v) is 1.99. The fourth-order valence-electron chi connectivity index (χ4n) is 1.76. The number of ether oxygens (including phenoxy) is 1. The highest BCUT2D eigenvalue weighted by Gasteiger charge is 2.19. The number of methoxy groups -OCH3 is 1. The molecule has 0 amide bonds. The first-order chi connectivity index (χ1) is 6.63. The van der Waals surface area contributed by atoms with Gasteiger partial charge < -0.3 is 4.74 Å². The molecule has 2 atom stereocenters. The number of hydrogen-bond acceptors (Lipinski definition) is 4. The first-order valence-electron chi connectivity index (χ1n) is 5.30. The van der Waals surface area contributed by atoms with Crippen LogP contribution in [0.25, 0.3) is 0 Å². The van der Waals surface area contributed by atoms with Crippen LogP contribution in [0.3, 0.4) is 0 Å². The zero-order valence-corrected chi connectivity index (χ0v) is 10.3. The van der Waals surface area contributed by atoms with Crippen molar-refractivity contribution in [1.29, 1.82) is 0 Å². The number of thiol groups is 1. The maximum atomic E-state index is 5.26. The smallest absolute Gasteiger partial charge is 0.0670 e. The highest BCUT2D eigenvalue weighted by molar-refractivity contribution is 7.80. The Bertz CT molecular complexity index is 158. The zero-order chi connectivity index (χ0) is 10.6. The third-order valence-electron chi connectivity index (χ3n) is 2.85. The van der Waals surface area contributed by atoms with E-state index in [1.165, 1.54) is 0 Å². The lowest BCUT2D eigenvalue weighted by Gasteiger charge is -2.37. The average molecular weight is 218 g/mol. The molecule has 0 saturated carbocycles. The van der Waals surface area contributed by atoms with Gasteiger partial charge in [0.2, 0.25) is 0 Å². The molecule has 1 fully saturated rings. The molecule has 3 nitrogen and oxygen atoms in total. The van der Waals surface area contributed by atoms with Crippen LogP contribution in [0.1, 0.15) is 13.8 Å². The molecular weight excluding hydrogens is 196 g/mol. The monoisotopic (exact) mass is 218 g/mol. The number of piperazine rings is 1. The van der Waals surface area contributed by atoms with Crippen LogP contribution in [-0.2, 0) is 4.74 Å². The molecule has 1 aliphatic rings. The quantitative estimate of drug-likeness (QED) is 0.707. The lowest BCUT2D eigenvalue weighted by atomic mass is 10.3. The van der Waals surface area contributed by atoms with Gasteiger partial charge in [-0.15, -0.1) is 0 Å². The maximum Gasteiger partial charge on any atom is 0.0670 e.